The van der Waals surface area contributed by atoms with E-state index in [4.69, 9.17) is 9.47 Å². The molecule has 0 amide bonds. The number of aryl methyl sites for hydroxylation is 1. The number of nitrogens with one attached hydrogen (secondary N) is 2. The van der Waals surface area contributed by atoms with E-state index in [9.17, 15) is 28.1 Å². The van der Waals surface area contributed by atoms with Crippen LogP contribution in [0, 0.1) is 17.0 Å². The highest BCUT2D eigenvalue weighted by Crippen LogP contribution is 2.40. The summed E-state index contributed by atoms with van der Waals surface area (Å²) in [6.45, 7) is 6.97. The summed E-state index contributed by atoms with van der Waals surface area (Å²) in [7, 11) is -2.42. The molecule has 43 heavy (non-hydrogen) atoms. The van der Waals surface area contributed by atoms with E-state index in [2.05, 4.69) is 10.0 Å². The summed E-state index contributed by atoms with van der Waals surface area (Å²) in [5.74, 6) is -2.27. The van der Waals surface area contributed by atoms with E-state index in [1.165, 1.54) is 25.3 Å². The number of nitro groups is 1. The predicted octanol–water partition coefficient (Wildman–Crippen LogP) is 3.30. The molecule has 0 aliphatic carbocycles. The van der Waals surface area contributed by atoms with Crippen LogP contribution in [0.15, 0.2) is 76.0 Å². The van der Waals surface area contributed by atoms with E-state index in [0.29, 0.717) is 43.0 Å². The quantitative estimate of drug-likeness (QED) is 0.232. The van der Waals surface area contributed by atoms with Crippen LogP contribution in [0.4, 0.5) is 5.69 Å². The number of likely N-dealkylation sites (tertiary alicyclic amines) is 1. The molecule has 0 saturated carbocycles. The molecule has 4 rings (SSSR count). The Kier molecular flexibility index (Phi) is 9.99. The monoisotopic (exact) mass is 612 g/mol. The summed E-state index contributed by atoms with van der Waals surface area (Å²) in [5, 5.41) is 14.6. The molecule has 0 aromatic heterocycles. The number of carbonyl (C=O) groups excluding carboxylic acids is 2. The summed E-state index contributed by atoms with van der Waals surface area (Å²) in [4.78, 5) is 39.8. The molecule has 2 aliphatic rings. The second-order valence-corrected chi connectivity index (χ2v) is 12.4. The van der Waals surface area contributed by atoms with Crippen molar-refractivity contribution in [3.05, 3.63) is 92.3 Å². The average Bonchev–Trinajstić information content (AvgIpc) is 2.96. The van der Waals surface area contributed by atoms with Crippen molar-refractivity contribution in [2.75, 3.05) is 33.3 Å². The van der Waals surface area contributed by atoms with Crippen molar-refractivity contribution < 1.29 is 32.4 Å². The SMILES string of the molecule is COC(=O)C1=C(C)NC(C)=C(C(=O)OC2CCCN(CCNS(=O)(=O)c3ccc(C)cc3)C2)[C@H]1c1cccc([N+](=O)[O-])c1. The van der Waals surface area contributed by atoms with Gasteiger partial charge in [-0.1, -0.05) is 29.8 Å². The number of hydrogen-bond acceptors (Lipinski definition) is 10. The van der Waals surface area contributed by atoms with E-state index < -0.39 is 38.9 Å². The number of carbonyl (C=O) groups is 2. The van der Waals surface area contributed by atoms with Crippen molar-refractivity contribution in [3.63, 3.8) is 0 Å². The minimum Gasteiger partial charge on any atom is -0.466 e. The largest absolute Gasteiger partial charge is 0.466 e. The maximum absolute atomic E-state index is 13.7. The molecule has 2 heterocycles. The van der Waals surface area contributed by atoms with Gasteiger partial charge in [0.05, 0.1) is 34.0 Å². The zero-order valence-electron chi connectivity index (χ0n) is 24.6. The van der Waals surface area contributed by atoms with Gasteiger partial charge in [-0.15, -0.1) is 0 Å². The van der Waals surface area contributed by atoms with Gasteiger partial charge in [0.2, 0.25) is 10.0 Å². The Morgan fingerprint density at radius 2 is 1.74 bits per heavy atom. The first-order chi connectivity index (χ1) is 20.4. The van der Waals surface area contributed by atoms with Gasteiger partial charge in [0.1, 0.15) is 6.10 Å². The molecule has 0 bridgehead atoms. The molecule has 1 unspecified atom stereocenters. The molecule has 1 fully saturated rings. The molecule has 230 valence electrons. The Morgan fingerprint density at radius 1 is 1.07 bits per heavy atom. The van der Waals surface area contributed by atoms with Crippen LogP contribution in [-0.2, 0) is 29.1 Å². The van der Waals surface area contributed by atoms with E-state index >= 15 is 0 Å². The van der Waals surface area contributed by atoms with Gasteiger partial charge in [-0.25, -0.2) is 22.7 Å². The van der Waals surface area contributed by atoms with Crippen molar-refractivity contribution in [2.24, 2.45) is 0 Å². The van der Waals surface area contributed by atoms with Crippen LogP contribution in [-0.4, -0.2) is 69.6 Å². The van der Waals surface area contributed by atoms with Gasteiger partial charge in [0.15, 0.2) is 0 Å². The lowest BCUT2D eigenvalue weighted by molar-refractivity contribution is -0.384. The van der Waals surface area contributed by atoms with Gasteiger partial charge in [0, 0.05) is 43.2 Å². The number of ether oxygens (including phenoxy) is 2. The Balaban J connectivity index is 1.48. The topological polar surface area (TPSA) is 157 Å². The number of rotatable bonds is 10. The van der Waals surface area contributed by atoms with E-state index in [0.717, 1.165) is 12.0 Å². The fraction of sp³-hybridized carbons (Fsp3) is 0.400. The summed E-state index contributed by atoms with van der Waals surface area (Å²) in [6, 6.07) is 12.4. The molecule has 1 saturated heterocycles. The van der Waals surface area contributed by atoms with Crippen LogP contribution >= 0.6 is 0 Å². The standard InChI is InChI=1S/C30H36N4O8S/c1-19-10-12-25(13-11-19)43(39,40)31-14-16-33-15-6-9-24(18-33)42-30(36)27-21(3)32-20(2)26(29(35)41-4)28(27)22-7-5-8-23(17-22)34(37)38/h5,7-8,10-13,17,24,28,31-32H,6,9,14-16,18H2,1-4H3/t24?,28-/m0/s1. The Hall–Kier alpha value is -4.07. The van der Waals surface area contributed by atoms with Gasteiger partial charge < -0.3 is 14.8 Å². The Bertz CT molecular complexity index is 1570. The number of sulfonamides is 1. The number of dihydropyridines is 1. The van der Waals surface area contributed by atoms with Crippen LogP contribution in [0.25, 0.3) is 0 Å². The second-order valence-electron chi connectivity index (χ2n) is 10.7. The number of allylic oxidation sites excluding steroid dienone is 2. The molecule has 2 atom stereocenters. The first kappa shape index (κ1) is 31.9. The van der Waals surface area contributed by atoms with Crippen molar-refractivity contribution >= 4 is 27.6 Å². The van der Waals surface area contributed by atoms with Crippen molar-refractivity contribution in [1.29, 1.82) is 0 Å². The Morgan fingerprint density at radius 3 is 2.40 bits per heavy atom. The van der Waals surface area contributed by atoms with E-state index in [1.807, 2.05) is 11.8 Å². The molecule has 13 heteroatoms. The van der Waals surface area contributed by atoms with Crippen molar-refractivity contribution in [2.45, 2.75) is 50.5 Å². The minimum atomic E-state index is -3.65. The van der Waals surface area contributed by atoms with Gasteiger partial charge in [0.25, 0.3) is 5.69 Å². The van der Waals surface area contributed by atoms with Crippen LogP contribution in [0.1, 0.15) is 43.7 Å². The van der Waals surface area contributed by atoms with Crippen LogP contribution in [0.5, 0.6) is 0 Å². The summed E-state index contributed by atoms with van der Waals surface area (Å²) in [5.41, 5.74) is 2.42. The smallest absolute Gasteiger partial charge is 0.337 e. The summed E-state index contributed by atoms with van der Waals surface area (Å²) >= 11 is 0. The number of non-ortho nitro benzene ring substituents is 1. The first-order valence-electron chi connectivity index (χ1n) is 13.9. The molecular weight excluding hydrogens is 576 g/mol. The first-order valence-corrected chi connectivity index (χ1v) is 15.4. The highest BCUT2D eigenvalue weighted by molar-refractivity contribution is 7.89. The number of nitrogens with zero attached hydrogens (tertiary/aromatic N) is 2. The van der Waals surface area contributed by atoms with E-state index in [1.54, 1.807) is 44.2 Å². The van der Waals surface area contributed by atoms with Gasteiger partial charge in [-0.2, -0.15) is 0 Å². The molecule has 12 nitrogen and oxygen atoms in total. The third-order valence-corrected chi connectivity index (χ3v) is 9.06. The third-order valence-electron chi connectivity index (χ3n) is 7.59. The maximum Gasteiger partial charge on any atom is 0.337 e. The summed E-state index contributed by atoms with van der Waals surface area (Å²) < 4.78 is 38.9. The van der Waals surface area contributed by atoms with Crippen molar-refractivity contribution in [3.8, 4) is 0 Å². The lowest BCUT2D eigenvalue weighted by atomic mass is 9.80. The van der Waals surface area contributed by atoms with Crippen LogP contribution in [0.3, 0.4) is 0 Å². The van der Waals surface area contributed by atoms with Gasteiger partial charge in [-0.3, -0.25) is 15.0 Å². The van der Waals surface area contributed by atoms with Gasteiger partial charge in [-0.05, 0) is 57.9 Å². The predicted molar refractivity (Wildman–Crippen MR) is 158 cm³/mol. The highest BCUT2D eigenvalue weighted by Gasteiger charge is 2.39. The lowest BCUT2D eigenvalue weighted by Gasteiger charge is -2.34. The molecule has 2 N–H and O–H groups in total. The zero-order chi connectivity index (χ0) is 31.3. The zero-order valence-corrected chi connectivity index (χ0v) is 25.4. The number of methoxy groups -OCH3 is 1. The average molecular weight is 613 g/mol. The number of hydrogen-bond donors (Lipinski definition) is 2. The number of piperidine rings is 1. The second kappa shape index (κ2) is 13.5. The molecular formula is C30H36N4O8S. The number of esters is 2. The normalized spacial score (nSPS) is 19.5. The lowest BCUT2D eigenvalue weighted by Crippen LogP contribution is -2.44. The maximum atomic E-state index is 13.7. The highest BCUT2D eigenvalue weighted by atomic mass is 32.2. The molecule has 0 radical (unpaired) electrons. The third kappa shape index (κ3) is 7.48. The number of nitro benzene ring substituents is 1. The van der Waals surface area contributed by atoms with Gasteiger partial charge >= 0.3 is 11.9 Å². The molecule has 0 spiro atoms. The Labute approximate surface area is 250 Å². The summed E-state index contributed by atoms with van der Waals surface area (Å²) in [6.07, 6.45) is 0.867. The van der Waals surface area contributed by atoms with Crippen LogP contribution < -0.4 is 10.0 Å². The molecule has 2 aliphatic heterocycles. The minimum absolute atomic E-state index is 0.159. The van der Waals surface area contributed by atoms with E-state index in [-0.39, 0.29) is 28.3 Å². The fourth-order valence-electron chi connectivity index (χ4n) is 5.46. The fourth-order valence-corrected chi connectivity index (χ4v) is 6.48. The van der Waals surface area contributed by atoms with Crippen LogP contribution in [0.2, 0.25) is 0 Å². The molecule has 2 aromatic rings. The molecule has 2 aromatic carbocycles. The van der Waals surface area contributed by atoms with Crippen molar-refractivity contribution in [1.82, 2.24) is 14.9 Å². The number of benzene rings is 2.